The zero-order valence-corrected chi connectivity index (χ0v) is 20.1. The van der Waals surface area contributed by atoms with E-state index in [2.05, 4.69) is 15.6 Å². The molecule has 0 amide bonds. The Labute approximate surface area is 196 Å². The smallest absolute Gasteiger partial charge is 0.225 e. The minimum atomic E-state index is -1.02. The number of methoxy groups -OCH3 is 1. The van der Waals surface area contributed by atoms with Gasteiger partial charge in [0.2, 0.25) is 5.95 Å². The van der Waals surface area contributed by atoms with E-state index in [1.807, 2.05) is 45.0 Å². The summed E-state index contributed by atoms with van der Waals surface area (Å²) < 4.78 is 6.53. The average molecular weight is 474 g/mol. The van der Waals surface area contributed by atoms with Crippen LogP contribution in [-0.4, -0.2) is 74.4 Å². The first-order valence-corrected chi connectivity index (χ1v) is 11.8. The van der Waals surface area contributed by atoms with Gasteiger partial charge in [0, 0.05) is 26.2 Å². The van der Waals surface area contributed by atoms with Crippen molar-refractivity contribution >= 4 is 33.3 Å². The van der Waals surface area contributed by atoms with E-state index < -0.39 is 29.8 Å². The maximum atomic E-state index is 10.6. The van der Waals surface area contributed by atoms with E-state index in [9.17, 15) is 15.3 Å². The number of benzene rings is 1. The van der Waals surface area contributed by atoms with Gasteiger partial charge in [-0.05, 0) is 39.3 Å². The molecule has 4 rings (SSSR count). The molecule has 1 saturated carbocycles. The van der Waals surface area contributed by atoms with E-state index in [4.69, 9.17) is 14.7 Å². The Morgan fingerprint density at radius 1 is 1.15 bits per heavy atom. The molecule has 33 heavy (non-hydrogen) atoms. The standard InChI is InChI=1S/C23H31N5O4S/c1-12-17(21-27-14-7-5-6-8-16(14)33-21)20(26-15-9-13(10-29)18(30)19(15)31)28-22(25-12)24-11-23(2,3)32-4/h5-8,13,15,18-19,29-31H,9-11H2,1-4H3,(H2,24,25,26,28)/t13-,15-,18-,19+/m1/s1. The highest BCUT2D eigenvalue weighted by molar-refractivity contribution is 7.21. The largest absolute Gasteiger partial charge is 0.396 e. The number of nitrogens with zero attached hydrogens (tertiary/aromatic N) is 3. The third kappa shape index (κ3) is 4.95. The molecule has 0 saturated heterocycles. The average Bonchev–Trinajstić information content (AvgIpc) is 3.33. The molecule has 1 aromatic carbocycles. The molecule has 0 spiro atoms. The van der Waals surface area contributed by atoms with Gasteiger partial charge in [-0.2, -0.15) is 4.98 Å². The second-order valence-electron chi connectivity index (χ2n) is 9.07. The number of anilines is 2. The van der Waals surface area contributed by atoms with Gasteiger partial charge in [-0.1, -0.05) is 12.1 Å². The Morgan fingerprint density at radius 2 is 1.91 bits per heavy atom. The lowest BCUT2D eigenvalue weighted by molar-refractivity contribution is 0.00446. The quantitative estimate of drug-likeness (QED) is 0.334. The number of thiazole rings is 1. The second kappa shape index (κ2) is 9.47. The van der Waals surface area contributed by atoms with Crippen molar-refractivity contribution in [2.75, 3.05) is 30.9 Å². The van der Waals surface area contributed by atoms with Crippen LogP contribution < -0.4 is 10.6 Å². The molecule has 9 nitrogen and oxygen atoms in total. The summed E-state index contributed by atoms with van der Waals surface area (Å²) in [6, 6.07) is 7.44. The fourth-order valence-corrected chi connectivity index (χ4v) is 5.04. The number of aromatic nitrogens is 3. The zero-order valence-electron chi connectivity index (χ0n) is 19.2. The van der Waals surface area contributed by atoms with Gasteiger partial charge in [-0.25, -0.2) is 9.97 Å². The second-order valence-corrected chi connectivity index (χ2v) is 10.1. The lowest BCUT2D eigenvalue weighted by Crippen LogP contribution is -2.36. The van der Waals surface area contributed by atoms with Gasteiger partial charge in [-0.15, -0.1) is 11.3 Å². The summed E-state index contributed by atoms with van der Waals surface area (Å²) in [4.78, 5) is 14.1. The monoisotopic (exact) mass is 473 g/mol. The molecule has 0 radical (unpaired) electrons. The third-order valence-corrected chi connectivity index (χ3v) is 7.23. The van der Waals surface area contributed by atoms with Crippen LogP contribution in [0.5, 0.6) is 0 Å². The van der Waals surface area contributed by atoms with E-state index in [1.54, 1.807) is 18.4 Å². The highest BCUT2D eigenvalue weighted by Gasteiger charge is 2.41. The normalized spacial score (nSPS) is 23.2. The maximum Gasteiger partial charge on any atom is 0.225 e. The summed E-state index contributed by atoms with van der Waals surface area (Å²) in [5.74, 6) is 0.553. The highest BCUT2D eigenvalue weighted by atomic mass is 32.1. The van der Waals surface area contributed by atoms with Gasteiger partial charge in [0.1, 0.15) is 16.9 Å². The maximum absolute atomic E-state index is 10.6. The number of ether oxygens (including phenoxy) is 1. The summed E-state index contributed by atoms with van der Waals surface area (Å²) in [5, 5.41) is 37.7. The molecular weight excluding hydrogens is 442 g/mol. The molecule has 3 aromatic rings. The van der Waals surface area contributed by atoms with Crippen molar-refractivity contribution in [3.8, 4) is 10.6 Å². The van der Waals surface area contributed by atoms with Crippen LogP contribution in [0.2, 0.25) is 0 Å². The van der Waals surface area contributed by atoms with E-state index in [-0.39, 0.29) is 6.61 Å². The fourth-order valence-electron chi connectivity index (χ4n) is 3.98. The van der Waals surface area contributed by atoms with Crippen LogP contribution in [-0.2, 0) is 4.74 Å². The summed E-state index contributed by atoms with van der Waals surface area (Å²) in [7, 11) is 1.65. The van der Waals surface area contributed by atoms with Crippen LogP contribution in [0.25, 0.3) is 20.8 Å². The summed E-state index contributed by atoms with van der Waals surface area (Å²) in [6.07, 6.45) is -1.61. The molecule has 0 unspecified atom stereocenters. The van der Waals surface area contributed by atoms with Gasteiger partial charge in [0.25, 0.3) is 0 Å². The van der Waals surface area contributed by atoms with Crippen LogP contribution in [0.1, 0.15) is 26.0 Å². The van der Waals surface area contributed by atoms with Crippen molar-refractivity contribution in [1.29, 1.82) is 0 Å². The first-order valence-electron chi connectivity index (χ1n) is 11.0. The van der Waals surface area contributed by atoms with Crippen LogP contribution in [0.15, 0.2) is 24.3 Å². The number of nitrogens with one attached hydrogen (secondary N) is 2. The minimum Gasteiger partial charge on any atom is -0.396 e. The third-order valence-electron chi connectivity index (χ3n) is 6.18. The van der Waals surface area contributed by atoms with Crippen LogP contribution in [0.3, 0.4) is 0 Å². The van der Waals surface area contributed by atoms with Gasteiger partial charge in [0.15, 0.2) is 0 Å². The Hall–Kier alpha value is -2.37. The number of para-hydroxylation sites is 1. The van der Waals surface area contributed by atoms with Crippen molar-refractivity contribution < 1.29 is 20.1 Å². The van der Waals surface area contributed by atoms with E-state index in [0.717, 1.165) is 26.5 Å². The number of hydrogen-bond acceptors (Lipinski definition) is 10. The molecule has 0 bridgehead atoms. The minimum absolute atomic E-state index is 0.192. The van der Waals surface area contributed by atoms with E-state index in [0.29, 0.717) is 24.7 Å². The molecule has 178 valence electrons. The molecular formula is C23H31N5O4S. The highest BCUT2D eigenvalue weighted by Crippen LogP contribution is 2.38. The Balaban J connectivity index is 1.73. The number of rotatable bonds is 8. The van der Waals surface area contributed by atoms with E-state index >= 15 is 0 Å². The van der Waals surface area contributed by atoms with Crippen molar-refractivity contribution in [3.63, 3.8) is 0 Å². The molecule has 1 fully saturated rings. The number of aliphatic hydroxyl groups excluding tert-OH is 3. The lowest BCUT2D eigenvalue weighted by Gasteiger charge is -2.24. The van der Waals surface area contributed by atoms with Crippen LogP contribution in [0.4, 0.5) is 11.8 Å². The number of aliphatic hydroxyl groups is 3. The summed E-state index contributed by atoms with van der Waals surface area (Å²) in [6.45, 7) is 6.14. The Bertz CT molecular complexity index is 1090. The Kier molecular flexibility index (Phi) is 6.83. The molecule has 2 aromatic heterocycles. The molecule has 4 atom stereocenters. The van der Waals surface area contributed by atoms with Gasteiger partial charge in [-0.3, -0.25) is 0 Å². The van der Waals surface area contributed by atoms with Crippen molar-refractivity contribution in [2.45, 2.75) is 51.0 Å². The molecule has 5 N–H and O–H groups in total. The molecule has 2 heterocycles. The molecule has 1 aliphatic rings. The fraction of sp³-hybridized carbons (Fsp3) is 0.522. The van der Waals surface area contributed by atoms with Gasteiger partial charge in [0.05, 0.1) is 39.2 Å². The number of fused-ring (bicyclic) bond motifs is 1. The van der Waals surface area contributed by atoms with Gasteiger partial charge < -0.3 is 30.7 Å². The number of hydrogen-bond donors (Lipinski definition) is 5. The SMILES string of the molecule is COC(C)(C)CNc1nc(C)c(-c2nc3ccccc3s2)c(N[C@@H]2C[C@H](CO)[C@@H](O)[C@H]2O)n1. The first-order chi connectivity index (χ1) is 15.7. The Morgan fingerprint density at radius 3 is 2.58 bits per heavy atom. The lowest BCUT2D eigenvalue weighted by atomic mass is 10.1. The zero-order chi connectivity index (χ0) is 23.8. The van der Waals surface area contributed by atoms with Gasteiger partial charge >= 0.3 is 0 Å². The molecule has 0 aliphatic heterocycles. The molecule has 10 heteroatoms. The summed E-state index contributed by atoms with van der Waals surface area (Å²) in [5.41, 5.74) is 1.97. The van der Waals surface area contributed by atoms with Crippen molar-refractivity contribution in [1.82, 2.24) is 15.0 Å². The molecule has 1 aliphatic carbocycles. The van der Waals surface area contributed by atoms with Crippen LogP contribution >= 0.6 is 11.3 Å². The summed E-state index contributed by atoms with van der Waals surface area (Å²) >= 11 is 1.55. The predicted molar refractivity (Wildman–Crippen MR) is 130 cm³/mol. The van der Waals surface area contributed by atoms with Crippen molar-refractivity contribution in [2.24, 2.45) is 5.92 Å². The van der Waals surface area contributed by atoms with Crippen molar-refractivity contribution in [3.05, 3.63) is 30.0 Å². The number of aryl methyl sites for hydroxylation is 1. The van der Waals surface area contributed by atoms with Crippen LogP contribution in [0, 0.1) is 12.8 Å². The predicted octanol–water partition coefficient (Wildman–Crippen LogP) is 2.41. The topological polar surface area (TPSA) is 133 Å². The van der Waals surface area contributed by atoms with E-state index in [1.165, 1.54) is 0 Å². The first kappa shape index (κ1) is 23.8.